The maximum Gasteiger partial charge on any atom is 0.309 e. The molecule has 1 saturated heterocycles. The molecule has 2 aliphatic rings. The van der Waals surface area contributed by atoms with Crippen LogP contribution >= 0.6 is 0 Å². The lowest BCUT2D eigenvalue weighted by atomic mass is 9.97. The maximum atomic E-state index is 13.0. The van der Waals surface area contributed by atoms with Gasteiger partial charge in [0.2, 0.25) is 15.9 Å². The number of hydrogen-bond donors (Lipinski definition) is 1. The molecule has 0 atom stereocenters. The summed E-state index contributed by atoms with van der Waals surface area (Å²) in [5, 5.41) is 0. The molecule has 1 aliphatic heterocycles. The molecule has 0 unspecified atom stereocenters. The predicted octanol–water partition coefficient (Wildman–Crippen LogP) is 1.31. The van der Waals surface area contributed by atoms with Gasteiger partial charge in [0.15, 0.2) is 0 Å². The Balaban J connectivity index is 1.61. The summed E-state index contributed by atoms with van der Waals surface area (Å²) in [5.74, 6) is -1.05. The number of benzene rings is 1. The molecular weight excluding hydrogens is 434 g/mol. The summed E-state index contributed by atoms with van der Waals surface area (Å²) < 4.78 is 32.7. The van der Waals surface area contributed by atoms with Crippen molar-refractivity contribution in [1.29, 1.82) is 0 Å². The minimum atomic E-state index is -3.69. The average Bonchev–Trinajstić information content (AvgIpc) is 3.57. The van der Waals surface area contributed by atoms with Crippen molar-refractivity contribution in [1.82, 2.24) is 14.5 Å². The fraction of sp³-hybridized carbons (Fsp3) is 0.591. The molecule has 2 amide bonds. The Morgan fingerprint density at radius 1 is 1.16 bits per heavy atom. The zero-order valence-corrected chi connectivity index (χ0v) is 19.6. The summed E-state index contributed by atoms with van der Waals surface area (Å²) in [6.45, 7) is 4.57. The van der Waals surface area contributed by atoms with Gasteiger partial charge < -0.3 is 14.5 Å². The van der Waals surface area contributed by atoms with Crippen LogP contribution in [0.5, 0.6) is 0 Å². The van der Waals surface area contributed by atoms with E-state index in [0.29, 0.717) is 38.1 Å². The van der Waals surface area contributed by atoms with Crippen LogP contribution in [-0.2, 0) is 24.3 Å². The number of nitrogens with zero attached hydrogens (tertiary/aromatic N) is 2. The van der Waals surface area contributed by atoms with E-state index in [1.165, 1.54) is 24.1 Å². The van der Waals surface area contributed by atoms with Crippen LogP contribution in [0.15, 0.2) is 23.1 Å². The smallest absolute Gasteiger partial charge is 0.309 e. The van der Waals surface area contributed by atoms with Crippen LogP contribution in [0.1, 0.15) is 48.5 Å². The number of esters is 1. The van der Waals surface area contributed by atoms with Crippen LogP contribution in [0.2, 0.25) is 0 Å². The summed E-state index contributed by atoms with van der Waals surface area (Å²) in [7, 11) is -2.16. The Morgan fingerprint density at radius 3 is 2.41 bits per heavy atom. The van der Waals surface area contributed by atoms with Gasteiger partial charge in [0.25, 0.3) is 5.91 Å². The van der Waals surface area contributed by atoms with Crippen LogP contribution in [0, 0.1) is 12.8 Å². The highest BCUT2D eigenvalue weighted by Crippen LogP contribution is 2.24. The van der Waals surface area contributed by atoms with Crippen molar-refractivity contribution < 1.29 is 27.5 Å². The lowest BCUT2D eigenvalue weighted by molar-refractivity contribution is -0.151. The number of carbonyl (C=O) groups excluding carboxylic acids is 3. The van der Waals surface area contributed by atoms with E-state index < -0.39 is 15.9 Å². The second-order valence-electron chi connectivity index (χ2n) is 8.44. The van der Waals surface area contributed by atoms with Crippen LogP contribution in [-0.4, -0.2) is 75.3 Å². The van der Waals surface area contributed by atoms with Crippen molar-refractivity contribution in [3.05, 3.63) is 29.3 Å². The molecule has 10 heteroatoms. The van der Waals surface area contributed by atoms with Gasteiger partial charge in [-0.3, -0.25) is 14.4 Å². The van der Waals surface area contributed by atoms with E-state index in [2.05, 4.69) is 4.72 Å². The third-order valence-electron chi connectivity index (χ3n) is 5.84. The summed E-state index contributed by atoms with van der Waals surface area (Å²) in [4.78, 5) is 40.5. The molecule has 0 aromatic heterocycles. The highest BCUT2D eigenvalue weighted by atomic mass is 32.2. The van der Waals surface area contributed by atoms with Gasteiger partial charge in [-0.05, 0) is 57.2 Å². The number of likely N-dealkylation sites (tertiary alicyclic amines) is 1. The molecule has 32 heavy (non-hydrogen) atoms. The van der Waals surface area contributed by atoms with Gasteiger partial charge in [0, 0.05) is 31.7 Å². The Labute approximate surface area is 189 Å². The lowest BCUT2D eigenvalue weighted by Crippen LogP contribution is -2.45. The molecule has 3 rings (SSSR count). The number of carbonyl (C=O) groups is 3. The normalized spacial score (nSPS) is 17.2. The fourth-order valence-corrected chi connectivity index (χ4v) is 5.02. The monoisotopic (exact) mass is 465 g/mol. The fourth-order valence-electron chi connectivity index (χ4n) is 3.69. The molecule has 1 N–H and O–H groups in total. The van der Waals surface area contributed by atoms with Gasteiger partial charge in [-0.15, -0.1) is 0 Å². The first kappa shape index (κ1) is 24.2. The van der Waals surface area contributed by atoms with Gasteiger partial charge in [0.05, 0.1) is 24.0 Å². The third-order valence-corrected chi connectivity index (χ3v) is 7.35. The Morgan fingerprint density at radius 2 is 1.81 bits per heavy atom. The topological polar surface area (TPSA) is 113 Å². The Hall–Kier alpha value is -2.46. The predicted molar refractivity (Wildman–Crippen MR) is 117 cm³/mol. The van der Waals surface area contributed by atoms with Crippen molar-refractivity contribution in [2.75, 3.05) is 33.3 Å². The van der Waals surface area contributed by atoms with Crippen LogP contribution in [0.3, 0.4) is 0 Å². The minimum absolute atomic E-state index is 0.0336. The maximum absolute atomic E-state index is 13.0. The molecule has 0 spiro atoms. The lowest BCUT2D eigenvalue weighted by Gasteiger charge is -2.32. The SMILES string of the molecule is CCOC(=O)C1CCN(C(=O)CN(C)C(=O)c2cc(S(=O)(=O)NC3CC3)ccc2C)CC1. The Bertz CT molecular complexity index is 981. The summed E-state index contributed by atoms with van der Waals surface area (Å²) >= 11 is 0. The zero-order valence-electron chi connectivity index (χ0n) is 18.8. The quantitative estimate of drug-likeness (QED) is 0.579. The van der Waals surface area contributed by atoms with Crippen molar-refractivity contribution in [2.45, 2.75) is 50.5 Å². The number of hydrogen-bond acceptors (Lipinski definition) is 6. The molecule has 2 fully saturated rings. The van der Waals surface area contributed by atoms with Gasteiger partial charge in [-0.2, -0.15) is 0 Å². The van der Waals surface area contributed by atoms with E-state index in [1.807, 2.05) is 0 Å². The molecule has 176 valence electrons. The number of nitrogens with one attached hydrogen (secondary N) is 1. The van der Waals surface area contributed by atoms with E-state index in [1.54, 1.807) is 24.8 Å². The van der Waals surface area contributed by atoms with Crippen molar-refractivity contribution in [3.63, 3.8) is 0 Å². The molecule has 0 radical (unpaired) electrons. The van der Waals surface area contributed by atoms with Crippen LogP contribution in [0.4, 0.5) is 0 Å². The number of likely N-dealkylation sites (N-methyl/N-ethyl adjacent to an activating group) is 1. The van der Waals surface area contributed by atoms with Crippen molar-refractivity contribution in [3.8, 4) is 0 Å². The summed E-state index contributed by atoms with van der Waals surface area (Å²) in [6, 6.07) is 4.42. The molecule has 1 aromatic carbocycles. The van der Waals surface area contributed by atoms with E-state index in [-0.39, 0.29) is 40.8 Å². The number of ether oxygens (including phenoxy) is 1. The van der Waals surface area contributed by atoms with Crippen molar-refractivity contribution in [2.24, 2.45) is 5.92 Å². The number of rotatable bonds is 8. The van der Waals surface area contributed by atoms with Crippen LogP contribution in [0.25, 0.3) is 0 Å². The second-order valence-corrected chi connectivity index (χ2v) is 10.2. The van der Waals surface area contributed by atoms with Gasteiger partial charge in [-0.25, -0.2) is 13.1 Å². The van der Waals surface area contributed by atoms with Gasteiger partial charge in [-0.1, -0.05) is 6.07 Å². The van der Waals surface area contributed by atoms with E-state index >= 15 is 0 Å². The van der Waals surface area contributed by atoms with E-state index in [4.69, 9.17) is 4.74 Å². The highest BCUT2D eigenvalue weighted by molar-refractivity contribution is 7.89. The standard InChI is InChI=1S/C22H31N3O6S/c1-4-31-22(28)16-9-11-25(12-10-16)20(26)14-24(3)21(27)19-13-18(8-5-15(19)2)32(29,30)23-17-6-7-17/h5,8,13,16-17,23H,4,6-7,9-12,14H2,1-3H3. The highest BCUT2D eigenvalue weighted by Gasteiger charge is 2.31. The molecule has 1 saturated carbocycles. The second kappa shape index (κ2) is 9.99. The van der Waals surface area contributed by atoms with Gasteiger partial charge >= 0.3 is 5.97 Å². The minimum Gasteiger partial charge on any atom is -0.466 e. The first-order chi connectivity index (χ1) is 15.1. The summed E-state index contributed by atoms with van der Waals surface area (Å²) in [6.07, 6.45) is 2.71. The molecule has 1 aromatic rings. The first-order valence-electron chi connectivity index (χ1n) is 10.9. The van der Waals surface area contributed by atoms with E-state index in [0.717, 1.165) is 12.8 Å². The van der Waals surface area contributed by atoms with Crippen LogP contribution < -0.4 is 4.72 Å². The summed E-state index contributed by atoms with van der Waals surface area (Å²) in [5.41, 5.74) is 0.884. The number of aryl methyl sites for hydroxylation is 1. The number of amides is 2. The number of sulfonamides is 1. The number of piperidine rings is 1. The first-order valence-corrected chi connectivity index (χ1v) is 12.4. The third kappa shape index (κ3) is 5.86. The largest absolute Gasteiger partial charge is 0.466 e. The average molecular weight is 466 g/mol. The zero-order chi connectivity index (χ0) is 23.5. The molecule has 1 heterocycles. The van der Waals surface area contributed by atoms with Crippen molar-refractivity contribution >= 4 is 27.8 Å². The molecular formula is C22H31N3O6S. The molecule has 0 bridgehead atoms. The van der Waals surface area contributed by atoms with Gasteiger partial charge in [0.1, 0.15) is 0 Å². The molecule has 1 aliphatic carbocycles. The van der Waals surface area contributed by atoms with E-state index in [9.17, 15) is 22.8 Å². The molecule has 9 nitrogen and oxygen atoms in total. The Kier molecular flexibility index (Phi) is 7.55.